The monoisotopic (exact) mass is 346 g/mol. The van der Waals surface area contributed by atoms with Gasteiger partial charge >= 0.3 is 5.63 Å². The average molecular weight is 346 g/mol. The molecule has 26 heavy (non-hydrogen) atoms. The number of para-hydroxylation sites is 1. The Labute approximate surface area is 148 Å². The third-order valence-electron chi connectivity index (χ3n) is 4.08. The minimum atomic E-state index is -0.689. The van der Waals surface area contributed by atoms with Crippen molar-refractivity contribution in [3.8, 4) is 11.5 Å². The number of fused-ring (bicyclic) bond motifs is 3. The number of benzene rings is 2. The van der Waals surface area contributed by atoms with Crippen LogP contribution in [0.1, 0.15) is 15.9 Å². The lowest BCUT2D eigenvalue weighted by Crippen LogP contribution is -2.10. The molecule has 4 rings (SSSR count). The predicted octanol–water partition coefficient (Wildman–Crippen LogP) is 3.97. The molecule has 0 fully saturated rings. The fourth-order valence-corrected chi connectivity index (χ4v) is 2.77. The molecule has 5 nitrogen and oxygen atoms in total. The molecule has 128 valence electrons. The number of methoxy groups -OCH3 is 1. The molecule has 3 aromatic rings. The van der Waals surface area contributed by atoms with Gasteiger partial charge in [0, 0.05) is 0 Å². The molecule has 0 atom stereocenters. The van der Waals surface area contributed by atoms with Crippen molar-refractivity contribution in [2.75, 3.05) is 7.11 Å². The Morgan fingerprint density at radius 1 is 1.00 bits per heavy atom. The first-order chi connectivity index (χ1) is 12.7. The Morgan fingerprint density at radius 2 is 1.77 bits per heavy atom. The summed E-state index contributed by atoms with van der Waals surface area (Å²) >= 11 is 0. The molecule has 0 unspecified atom stereocenters. The second kappa shape index (κ2) is 6.37. The summed E-state index contributed by atoms with van der Waals surface area (Å²) in [6.07, 6.45) is 5.07. The minimum Gasteiger partial charge on any atom is -0.497 e. The normalized spacial score (nSPS) is 14.8. The molecule has 1 aliphatic heterocycles. The van der Waals surface area contributed by atoms with Crippen molar-refractivity contribution < 1.29 is 18.7 Å². The van der Waals surface area contributed by atoms with E-state index in [0.717, 1.165) is 11.3 Å². The summed E-state index contributed by atoms with van der Waals surface area (Å²) in [6.45, 7) is 0. The predicted molar refractivity (Wildman–Crippen MR) is 97.6 cm³/mol. The molecule has 5 heteroatoms. The van der Waals surface area contributed by atoms with Crippen molar-refractivity contribution >= 4 is 22.8 Å². The number of hydrogen-bond acceptors (Lipinski definition) is 5. The quantitative estimate of drug-likeness (QED) is 0.530. The van der Waals surface area contributed by atoms with Gasteiger partial charge < -0.3 is 13.9 Å². The van der Waals surface area contributed by atoms with Gasteiger partial charge in [0.2, 0.25) is 5.78 Å². The number of ether oxygens (including phenoxy) is 2. The molecule has 2 aromatic carbocycles. The number of ketones is 1. The van der Waals surface area contributed by atoms with Crippen LogP contribution < -0.4 is 15.1 Å². The van der Waals surface area contributed by atoms with Crippen molar-refractivity contribution in [1.82, 2.24) is 0 Å². The summed E-state index contributed by atoms with van der Waals surface area (Å²) in [4.78, 5) is 24.6. The molecule has 1 aliphatic rings. The first-order valence-corrected chi connectivity index (χ1v) is 7.98. The van der Waals surface area contributed by atoms with Gasteiger partial charge in [0.15, 0.2) is 17.1 Å². The Kier molecular flexibility index (Phi) is 3.89. The van der Waals surface area contributed by atoms with Crippen LogP contribution in [0.5, 0.6) is 11.5 Å². The highest BCUT2D eigenvalue weighted by Crippen LogP contribution is 2.35. The van der Waals surface area contributed by atoms with Crippen LogP contribution in [0.2, 0.25) is 0 Å². The molecule has 0 amide bonds. The van der Waals surface area contributed by atoms with Gasteiger partial charge in [0.1, 0.15) is 11.3 Å². The van der Waals surface area contributed by atoms with Crippen LogP contribution in [0, 0.1) is 0 Å². The van der Waals surface area contributed by atoms with Gasteiger partial charge in [-0.2, -0.15) is 0 Å². The van der Waals surface area contributed by atoms with E-state index in [-0.39, 0.29) is 17.1 Å². The standard InChI is InChI=1S/C21H14O5/c1-24-14-11-9-13(10-12-14)5-4-8-17-19(22)18-20(25-17)15-6-2-3-7-16(15)26-21(18)23/h2-12H,1H3/b5-4+,17-8-. The summed E-state index contributed by atoms with van der Waals surface area (Å²) in [7, 11) is 1.61. The lowest BCUT2D eigenvalue weighted by molar-refractivity contribution is 0.101. The summed E-state index contributed by atoms with van der Waals surface area (Å²) in [5, 5.41) is 0.595. The van der Waals surface area contributed by atoms with Crippen molar-refractivity contribution in [1.29, 1.82) is 0 Å². The van der Waals surface area contributed by atoms with Gasteiger partial charge in [0.25, 0.3) is 0 Å². The van der Waals surface area contributed by atoms with Crippen LogP contribution in [0.4, 0.5) is 0 Å². The number of carbonyl (C=O) groups excluding carboxylic acids is 1. The van der Waals surface area contributed by atoms with E-state index in [0.29, 0.717) is 11.0 Å². The number of carbonyl (C=O) groups is 1. The van der Waals surface area contributed by atoms with E-state index in [2.05, 4.69) is 0 Å². The van der Waals surface area contributed by atoms with Gasteiger partial charge in [-0.25, -0.2) is 4.79 Å². The summed E-state index contributed by atoms with van der Waals surface area (Å²) in [5.41, 5.74) is 0.577. The zero-order valence-corrected chi connectivity index (χ0v) is 13.9. The zero-order chi connectivity index (χ0) is 18.1. The molecule has 0 N–H and O–H groups in total. The number of allylic oxidation sites excluding steroid dienone is 3. The Bertz CT molecular complexity index is 1120. The first kappa shape index (κ1) is 15.9. The van der Waals surface area contributed by atoms with E-state index < -0.39 is 11.4 Å². The van der Waals surface area contributed by atoms with Crippen LogP contribution >= 0.6 is 0 Å². The van der Waals surface area contributed by atoms with E-state index in [1.54, 1.807) is 43.5 Å². The summed E-state index contributed by atoms with van der Waals surface area (Å²) in [6, 6.07) is 14.4. The third kappa shape index (κ3) is 2.69. The lowest BCUT2D eigenvalue weighted by Gasteiger charge is -2.01. The zero-order valence-electron chi connectivity index (χ0n) is 13.9. The van der Waals surface area contributed by atoms with Crippen molar-refractivity contribution in [3.05, 3.63) is 88.0 Å². The van der Waals surface area contributed by atoms with E-state index in [9.17, 15) is 9.59 Å². The van der Waals surface area contributed by atoms with Crippen molar-refractivity contribution in [2.24, 2.45) is 0 Å². The largest absolute Gasteiger partial charge is 0.497 e. The molecule has 0 saturated carbocycles. The molecule has 0 saturated heterocycles. The van der Waals surface area contributed by atoms with Gasteiger partial charge in [-0.3, -0.25) is 4.79 Å². The van der Waals surface area contributed by atoms with Crippen LogP contribution in [0.25, 0.3) is 17.0 Å². The Hall–Kier alpha value is -3.60. The number of Topliss-reactive ketones (excluding diaryl/α,β-unsaturated/α-hetero) is 1. The molecule has 0 bridgehead atoms. The van der Waals surface area contributed by atoms with Gasteiger partial charge in [-0.15, -0.1) is 0 Å². The second-order valence-electron chi connectivity index (χ2n) is 5.68. The Morgan fingerprint density at radius 3 is 2.54 bits per heavy atom. The van der Waals surface area contributed by atoms with Gasteiger partial charge in [-0.1, -0.05) is 36.4 Å². The highest BCUT2D eigenvalue weighted by atomic mass is 16.5. The van der Waals surface area contributed by atoms with E-state index >= 15 is 0 Å². The maximum Gasteiger partial charge on any atom is 0.351 e. The highest BCUT2D eigenvalue weighted by molar-refractivity contribution is 6.14. The first-order valence-electron chi connectivity index (χ1n) is 7.98. The van der Waals surface area contributed by atoms with Crippen LogP contribution in [0.15, 0.2) is 75.7 Å². The van der Waals surface area contributed by atoms with E-state index in [1.807, 2.05) is 30.3 Å². The maximum absolute atomic E-state index is 12.5. The fraction of sp³-hybridized carbons (Fsp3) is 0.0476. The second-order valence-corrected chi connectivity index (χ2v) is 5.68. The SMILES string of the molecule is COc1ccc(/C=C/C=C2\Oc3c(c(=O)oc4ccccc34)C2=O)cc1. The molecule has 0 aliphatic carbocycles. The smallest absolute Gasteiger partial charge is 0.351 e. The average Bonchev–Trinajstić information content (AvgIpc) is 3.00. The number of hydrogen-bond donors (Lipinski definition) is 0. The van der Waals surface area contributed by atoms with E-state index in [1.165, 1.54) is 0 Å². The van der Waals surface area contributed by atoms with Crippen molar-refractivity contribution in [2.45, 2.75) is 0 Å². The fourth-order valence-electron chi connectivity index (χ4n) is 2.77. The van der Waals surface area contributed by atoms with Gasteiger partial charge in [-0.05, 0) is 35.9 Å². The molecule has 0 radical (unpaired) electrons. The molecular weight excluding hydrogens is 332 g/mol. The van der Waals surface area contributed by atoms with Crippen LogP contribution in [-0.4, -0.2) is 12.9 Å². The van der Waals surface area contributed by atoms with Gasteiger partial charge in [0.05, 0.1) is 12.5 Å². The minimum absolute atomic E-state index is 0.0622. The van der Waals surface area contributed by atoms with E-state index in [4.69, 9.17) is 13.9 Å². The number of rotatable bonds is 3. The highest BCUT2D eigenvalue weighted by Gasteiger charge is 2.33. The molecule has 2 heterocycles. The van der Waals surface area contributed by atoms with Crippen LogP contribution in [-0.2, 0) is 0 Å². The summed E-state index contributed by atoms with van der Waals surface area (Å²) in [5.74, 6) is 0.641. The Balaban J connectivity index is 1.66. The third-order valence-corrected chi connectivity index (χ3v) is 4.08. The summed E-state index contributed by atoms with van der Waals surface area (Å²) < 4.78 is 16.0. The van der Waals surface area contributed by atoms with Crippen LogP contribution in [0.3, 0.4) is 0 Å². The molecular formula is C21H14O5. The molecule has 0 spiro atoms. The van der Waals surface area contributed by atoms with Crippen molar-refractivity contribution in [3.63, 3.8) is 0 Å². The maximum atomic E-state index is 12.5. The molecule has 1 aromatic heterocycles. The lowest BCUT2D eigenvalue weighted by atomic mass is 10.1. The topological polar surface area (TPSA) is 65.7 Å².